The summed E-state index contributed by atoms with van der Waals surface area (Å²) in [6.45, 7) is 2.39. The molecule has 2 aliphatic heterocycles. The van der Waals surface area contributed by atoms with E-state index in [1.165, 1.54) is 0 Å². The van der Waals surface area contributed by atoms with E-state index in [0.29, 0.717) is 13.0 Å². The molecule has 2 fully saturated rings. The SMILES string of the molecule is O=C1CCC(N(C(=O)[C@H]2CCCNC2)c2ccccc2)CCN1. The molecule has 23 heavy (non-hydrogen) atoms. The zero-order chi connectivity index (χ0) is 16.1. The van der Waals surface area contributed by atoms with Crippen molar-refractivity contribution in [2.45, 2.75) is 38.1 Å². The lowest BCUT2D eigenvalue weighted by Gasteiger charge is -2.35. The second-order valence-electron chi connectivity index (χ2n) is 6.42. The fourth-order valence-electron chi connectivity index (χ4n) is 3.53. The molecule has 5 nitrogen and oxygen atoms in total. The van der Waals surface area contributed by atoms with Crippen LogP contribution in [0.2, 0.25) is 0 Å². The van der Waals surface area contributed by atoms with E-state index in [1.807, 2.05) is 35.2 Å². The molecule has 0 saturated carbocycles. The van der Waals surface area contributed by atoms with Crippen LogP contribution in [0.4, 0.5) is 5.69 Å². The van der Waals surface area contributed by atoms with Crippen molar-refractivity contribution < 1.29 is 9.59 Å². The first-order valence-corrected chi connectivity index (χ1v) is 8.61. The first-order chi connectivity index (χ1) is 11.3. The molecule has 1 aromatic carbocycles. The topological polar surface area (TPSA) is 61.4 Å². The molecule has 1 unspecified atom stereocenters. The number of amides is 2. The Balaban J connectivity index is 1.84. The second-order valence-corrected chi connectivity index (χ2v) is 6.42. The van der Waals surface area contributed by atoms with Crippen LogP contribution in [0.3, 0.4) is 0 Å². The number of nitrogens with zero attached hydrogens (tertiary/aromatic N) is 1. The molecule has 0 aromatic heterocycles. The fraction of sp³-hybridized carbons (Fsp3) is 0.556. The van der Waals surface area contributed by atoms with Gasteiger partial charge in [-0.1, -0.05) is 18.2 Å². The molecule has 2 N–H and O–H groups in total. The molecule has 3 rings (SSSR count). The molecule has 1 aromatic rings. The maximum atomic E-state index is 13.2. The normalized spacial score (nSPS) is 25.3. The van der Waals surface area contributed by atoms with Crippen molar-refractivity contribution in [3.63, 3.8) is 0 Å². The number of anilines is 1. The molecule has 2 saturated heterocycles. The predicted octanol–water partition coefficient (Wildman–Crippen LogP) is 1.69. The Hall–Kier alpha value is -1.88. The van der Waals surface area contributed by atoms with Crippen LogP contribution in [0.15, 0.2) is 30.3 Å². The van der Waals surface area contributed by atoms with E-state index in [-0.39, 0.29) is 23.8 Å². The van der Waals surface area contributed by atoms with E-state index >= 15 is 0 Å². The number of nitrogens with one attached hydrogen (secondary N) is 2. The smallest absolute Gasteiger partial charge is 0.231 e. The number of rotatable bonds is 3. The molecule has 0 bridgehead atoms. The number of hydrogen-bond acceptors (Lipinski definition) is 3. The summed E-state index contributed by atoms with van der Waals surface area (Å²) in [5, 5.41) is 6.24. The number of piperidine rings is 1. The average Bonchev–Trinajstić information content (AvgIpc) is 2.82. The van der Waals surface area contributed by atoms with Crippen LogP contribution in [-0.4, -0.2) is 37.5 Å². The molecule has 2 aliphatic rings. The van der Waals surface area contributed by atoms with Gasteiger partial charge in [0.2, 0.25) is 11.8 Å². The zero-order valence-corrected chi connectivity index (χ0v) is 13.5. The largest absolute Gasteiger partial charge is 0.356 e. The monoisotopic (exact) mass is 315 g/mol. The highest BCUT2D eigenvalue weighted by molar-refractivity contribution is 5.96. The van der Waals surface area contributed by atoms with Crippen LogP contribution in [-0.2, 0) is 9.59 Å². The van der Waals surface area contributed by atoms with Crippen LogP contribution >= 0.6 is 0 Å². The molecule has 5 heteroatoms. The molecule has 2 atom stereocenters. The summed E-state index contributed by atoms with van der Waals surface area (Å²) in [5.41, 5.74) is 0.947. The van der Waals surface area contributed by atoms with Crippen LogP contribution in [0.5, 0.6) is 0 Å². The van der Waals surface area contributed by atoms with Crippen LogP contribution in [0, 0.1) is 5.92 Å². The zero-order valence-electron chi connectivity index (χ0n) is 13.5. The van der Waals surface area contributed by atoms with E-state index in [2.05, 4.69) is 10.6 Å². The van der Waals surface area contributed by atoms with Crippen molar-refractivity contribution >= 4 is 17.5 Å². The molecule has 2 heterocycles. The van der Waals surface area contributed by atoms with Crippen molar-refractivity contribution in [2.24, 2.45) is 5.92 Å². The van der Waals surface area contributed by atoms with Crippen LogP contribution < -0.4 is 15.5 Å². The van der Waals surface area contributed by atoms with E-state index in [9.17, 15) is 9.59 Å². The maximum Gasteiger partial charge on any atom is 0.231 e. The quantitative estimate of drug-likeness (QED) is 0.892. The Morgan fingerprint density at radius 3 is 2.65 bits per heavy atom. The van der Waals surface area contributed by atoms with Crippen molar-refractivity contribution in [1.82, 2.24) is 10.6 Å². The Bertz CT molecular complexity index is 540. The lowest BCUT2D eigenvalue weighted by Crippen LogP contribution is -2.48. The van der Waals surface area contributed by atoms with Crippen molar-refractivity contribution in [1.29, 1.82) is 0 Å². The number of hydrogen-bond donors (Lipinski definition) is 2. The third-order valence-electron chi connectivity index (χ3n) is 4.79. The number of carbonyl (C=O) groups is 2. The van der Waals surface area contributed by atoms with Gasteiger partial charge in [-0.05, 0) is 44.4 Å². The first-order valence-electron chi connectivity index (χ1n) is 8.61. The predicted molar refractivity (Wildman–Crippen MR) is 90.2 cm³/mol. The van der Waals surface area contributed by atoms with E-state index in [0.717, 1.165) is 44.5 Å². The fourth-order valence-corrected chi connectivity index (χ4v) is 3.53. The van der Waals surface area contributed by atoms with Crippen molar-refractivity contribution in [2.75, 3.05) is 24.5 Å². The third kappa shape index (κ3) is 3.91. The van der Waals surface area contributed by atoms with Gasteiger partial charge >= 0.3 is 0 Å². The minimum atomic E-state index is 0.0378. The van der Waals surface area contributed by atoms with E-state index < -0.39 is 0 Å². The Labute approximate surface area is 137 Å². The number of carbonyl (C=O) groups excluding carboxylic acids is 2. The van der Waals surface area contributed by atoms with Gasteiger partial charge < -0.3 is 15.5 Å². The Morgan fingerprint density at radius 1 is 1.09 bits per heavy atom. The minimum absolute atomic E-state index is 0.0378. The van der Waals surface area contributed by atoms with E-state index in [4.69, 9.17) is 0 Å². The summed E-state index contributed by atoms with van der Waals surface area (Å²) in [6.07, 6.45) is 4.02. The third-order valence-corrected chi connectivity index (χ3v) is 4.79. The molecule has 2 amide bonds. The van der Waals surface area contributed by atoms with Gasteiger partial charge in [0.25, 0.3) is 0 Å². The summed E-state index contributed by atoms with van der Waals surface area (Å²) < 4.78 is 0. The highest BCUT2D eigenvalue weighted by Crippen LogP contribution is 2.26. The second kappa shape index (κ2) is 7.59. The summed E-state index contributed by atoms with van der Waals surface area (Å²) in [6, 6.07) is 9.98. The van der Waals surface area contributed by atoms with Gasteiger partial charge in [0.1, 0.15) is 0 Å². The first kappa shape index (κ1) is 16.0. The minimum Gasteiger partial charge on any atom is -0.356 e. The van der Waals surface area contributed by atoms with Crippen LogP contribution in [0.25, 0.3) is 0 Å². The van der Waals surface area contributed by atoms with Gasteiger partial charge in [-0.3, -0.25) is 9.59 Å². The van der Waals surface area contributed by atoms with Gasteiger partial charge in [0, 0.05) is 31.2 Å². The standard InChI is InChI=1S/C18H25N3O2/c22-17-9-8-16(10-12-20-17)21(15-6-2-1-3-7-15)18(23)14-5-4-11-19-13-14/h1-3,6-7,14,16,19H,4-5,8-13H2,(H,20,22)/t14-,16?/m0/s1. The number of benzene rings is 1. The van der Waals surface area contributed by atoms with Gasteiger partial charge in [-0.15, -0.1) is 0 Å². The van der Waals surface area contributed by atoms with Crippen molar-refractivity contribution in [3.05, 3.63) is 30.3 Å². The van der Waals surface area contributed by atoms with Crippen molar-refractivity contribution in [3.8, 4) is 0 Å². The maximum absolute atomic E-state index is 13.2. The highest BCUT2D eigenvalue weighted by atomic mass is 16.2. The summed E-state index contributed by atoms with van der Waals surface area (Å²) in [5.74, 6) is 0.325. The molecular formula is C18H25N3O2. The van der Waals surface area contributed by atoms with Gasteiger partial charge in [-0.2, -0.15) is 0 Å². The van der Waals surface area contributed by atoms with Gasteiger partial charge in [-0.25, -0.2) is 0 Å². The van der Waals surface area contributed by atoms with Gasteiger partial charge in [0.15, 0.2) is 0 Å². The molecule has 0 radical (unpaired) electrons. The Kier molecular flexibility index (Phi) is 5.28. The lowest BCUT2D eigenvalue weighted by molar-refractivity contribution is -0.124. The van der Waals surface area contributed by atoms with E-state index in [1.54, 1.807) is 0 Å². The number of para-hydroxylation sites is 1. The molecule has 124 valence electrons. The Morgan fingerprint density at radius 2 is 1.91 bits per heavy atom. The molecule has 0 aliphatic carbocycles. The molecule has 0 spiro atoms. The molecular weight excluding hydrogens is 290 g/mol. The lowest BCUT2D eigenvalue weighted by atomic mass is 9.95. The summed E-state index contributed by atoms with van der Waals surface area (Å²) >= 11 is 0. The summed E-state index contributed by atoms with van der Waals surface area (Å²) in [7, 11) is 0. The average molecular weight is 315 g/mol. The van der Waals surface area contributed by atoms with Gasteiger partial charge in [0.05, 0.1) is 5.92 Å². The summed E-state index contributed by atoms with van der Waals surface area (Å²) in [4.78, 5) is 26.8. The van der Waals surface area contributed by atoms with Crippen LogP contribution in [0.1, 0.15) is 32.1 Å². The highest BCUT2D eigenvalue weighted by Gasteiger charge is 2.32.